The number of para-hydroxylation sites is 1. The third kappa shape index (κ3) is 3.25. The molecule has 0 atom stereocenters. The maximum absolute atomic E-state index is 12.2. The van der Waals surface area contributed by atoms with Crippen LogP contribution in [-0.4, -0.2) is 19.0 Å². The van der Waals surface area contributed by atoms with E-state index in [1.54, 1.807) is 6.07 Å². The van der Waals surface area contributed by atoms with Gasteiger partial charge in [-0.15, -0.1) is 0 Å². The van der Waals surface area contributed by atoms with Gasteiger partial charge in [-0.2, -0.15) is 0 Å². The number of amides is 1. The lowest BCUT2D eigenvalue weighted by Gasteiger charge is -2.19. The van der Waals surface area contributed by atoms with Crippen molar-refractivity contribution in [3.8, 4) is 0 Å². The Bertz CT molecular complexity index is 699. The van der Waals surface area contributed by atoms with E-state index in [4.69, 9.17) is 11.6 Å². The highest BCUT2D eigenvalue weighted by Crippen LogP contribution is 2.27. The van der Waals surface area contributed by atoms with Gasteiger partial charge < -0.3 is 10.2 Å². The first kappa shape index (κ1) is 14.9. The van der Waals surface area contributed by atoms with Gasteiger partial charge in [0.2, 0.25) is 5.91 Å². The lowest BCUT2D eigenvalue weighted by molar-refractivity contribution is -0.116. The molecule has 0 saturated carbocycles. The highest BCUT2D eigenvalue weighted by molar-refractivity contribution is 6.31. The van der Waals surface area contributed by atoms with E-state index in [0.717, 1.165) is 30.8 Å². The molecule has 1 aliphatic rings. The first-order valence-corrected chi connectivity index (χ1v) is 7.90. The largest absolute Gasteiger partial charge is 0.370 e. The van der Waals surface area contributed by atoms with Crippen LogP contribution in [0.1, 0.15) is 17.5 Å². The van der Waals surface area contributed by atoms with Crippen LogP contribution in [-0.2, 0) is 11.2 Å². The Hall–Kier alpha value is -2.00. The summed E-state index contributed by atoms with van der Waals surface area (Å²) in [5.41, 5.74) is 4.44. The predicted octanol–water partition coefficient (Wildman–Crippen LogP) is 4.04. The Balaban J connectivity index is 1.58. The van der Waals surface area contributed by atoms with Gasteiger partial charge in [-0.3, -0.25) is 4.79 Å². The smallest absolute Gasteiger partial charge is 0.226 e. The topological polar surface area (TPSA) is 32.3 Å². The molecule has 2 aromatic rings. The molecular formula is C18H19ClN2O. The highest BCUT2D eigenvalue weighted by atomic mass is 35.5. The molecule has 0 spiro atoms. The van der Waals surface area contributed by atoms with Gasteiger partial charge in [-0.05, 0) is 42.7 Å². The summed E-state index contributed by atoms with van der Waals surface area (Å²) in [7, 11) is 0. The molecule has 1 aliphatic heterocycles. The minimum absolute atomic E-state index is 0.0229. The van der Waals surface area contributed by atoms with Crippen LogP contribution < -0.4 is 10.2 Å². The number of fused-ring (bicyclic) bond motifs is 1. The van der Waals surface area contributed by atoms with E-state index >= 15 is 0 Å². The number of carbonyl (C=O) groups is 1. The van der Waals surface area contributed by atoms with Crippen LogP contribution >= 0.6 is 11.6 Å². The number of hydrogen-bond donors (Lipinski definition) is 1. The van der Waals surface area contributed by atoms with Crippen LogP contribution in [0.3, 0.4) is 0 Å². The first-order valence-electron chi connectivity index (χ1n) is 7.52. The normalized spacial score (nSPS) is 13.1. The lowest BCUT2D eigenvalue weighted by atomic mass is 10.2. The van der Waals surface area contributed by atoms with Crippen molar-refractivity contribution < 1.29 is 4.79 Å². The summed E-state index contributed by atoms with van der Waals surface area (Å²) >= 11 is 5.98. The third-order valence-corrected chi connectivity index (χ3v) is 4.30. The van der Waals surface area contributed by atoms with Gasteiger partial charge in [-0.1, -0.05) is 35.9 Å². The highest BCUT2D eigenvalue weighted by Gasteiger charge is 2.18. The fourth-order valence-electron chi connectivity index (χ4n) is 2.82. The number of hydrogen-bond acceptors (Lipinski definition) is 2. The zero-order chi connectivity index (χ0) is 15.5. The molecule has 0 aliphatic carbocycles. The van der Waals surface area contributed by atoms with Gasteiger partial charge in [0.25, 0.3) is 0 Å². The molecule has 0 saturated heterocycles. The van der Waals surface area contributed by atoms with E-state index in [2.05, 4.69) is 28.4 Å². The van der Waals surface area contributed by atoms with Crippen LogP contribution in [0.25, 0.3) is 0 Å². The van der Waals surface area contributed by atoms with E-state index in [0.29, 0.717) is 11.4 Å². The molecule has 2 aromatic carbocycles. The van der Waals surface area contributed by atoms with Crippen molar-refractivity contribution in [1.29, 1.82) is 0 Å². The second-order valence-electron chi connectivity index (χ2n) is 5.62. The molecule has 3 rings (SSSR count). The number of nitrogens with zero attached hydrogens (tertiary/aromatic N) is 1. The molecule has 22 heavy (non-hydrogen) atoms. The number of carbonyl (C=O) groups excluding carboxylic acids is 1. The third-order valence-electron chi connectivity index (χ3n) is 4.07. The van der Waals surface area contributed by atoms with Crippen molar-refractivity contribution >= 4 is 28.9 Å². The van der Waals surface area contributed by atoms with Crippen LogP contribution in [0.2, 0.25) is 5.02 Å². The average Bonchev–Trinajstić information content (AvgIpc) is 2.92. The fraction of sp³-hybridized carbons (Fsp3) is 0.278. The molecule has 0 fully saturated rings. The average molecular weight is 315 g/mol. The molecule has 3 nitrogen and oxygen atoms in total. The summed E-state index contributed by atoms with van der Waals surface area (Å²) in [5.74, 6) is 0.0229. The Labute approximate surface area is 135 Å². The number of aryl methyl sites for hydroxylation is 1. The van der Waals surface area contributed by atoms with E-state index in [9.17, 15) is 4.79 Å². The molecule has 0 aromatic heterocycles. The second-order valence-corrected chi connectivity index (χ2v) is 6.06. The summed E-state index contributed by atoms with van der Waals surface area (Å²) in [5, 5.41) is 3.58. The van der Waals surface area contributed by atoms with Gasteiger partial charge in [0.05, 0.1) is 0 Å². The van der Waals surface area contributed by atoms with Crippen LogP contribution in [0, 0.1) is 6.92 Å². The number of halogens is 1. The number of nitrogens with one attached hydrogen (secondary N) is 1. The summed E-state index contributed by atoms with van der Waals surface area (Å²) < 4.78 is 0. The summed E-state index contributed by atoms with van der Waals surface area (Å²) in [6, 6.07) is 13.9. The number of rotatable bonds is 4. The quantitative estimate of drug-likeness (QED) is 0.923. The fourth-order valence-corrected chi connectivity index (χ4v) is 2.99. The summed E-state index contributed by atoms with van der Waals surface area (Å²) in [4.78, 5) is 14.4. The minimum Gasteiger partial charge on any atom is -0.370 e. The molecule has 1 N–H and O–H groups in total. The Morgan fingerprint density at radius 2 is 2.09 bits per heavy atom. The SMILES string of the molecule is Cc1ccc(Cl)cc1NC(=O)CCN1CCc2ccccc21. The van der Waals surface area contributed by atoms with Crippen molar-refractivity contribution in [3.05, 3.63) is 58.6 Å². The minimum atomic E-state index is 0.0229. The van der Waals surface area contributed by atoms with Crippen molar-refractivity contribution in [2.24, 2.45) is 0 Å². The lowest BCUT2D eigenvalue weighted by Crippen LogP contribution is -2.26. The van der Waals surface area contributed by atoms with Crippen molar-refractivity contribution in [1.82, 2.24) is 0 Å². The molecule has 1 amide bonds. The molecule has 114 valence electrons. The van der Waals surface area contributed by atoms with Gasteiger partial charge in [0.1, 0.15) is 0 Å². The molecule has 0 bridgehead atoms. The van der Waals surface area contributed by atoms with Gasteiger partial charge >= 0.3 is 0 Å². The van der Waals surface area contributed by atoms with E-state index < -0.39 is 0 Å². The molecule has 1 heterocycles. The van der Waals surface area contributed by atoms with Gasteiger partial charge in [-0.25, -0.2) is 0 Å². The van der Waals surface area contributed by atoms with Gasteiger partial charge in [0.15, 0.2) is 0 Å². The van der Waals surface area contributed by atoms with E-state index in [-0.39, 0.29) is 5.91 Å². The van der Waals surface area contributed by atoms with Crippen LogP contribution in [0.15, 0.2) is 42.5 Å². The molecule has 4 heteroatoms. The summed E-state index contributed by atoms with van der Waals surface area (Å²) in [6.45, 7) is 3.69. The van der Waals surface area contributed by atoms with Crippen molar-refractivity contribution in [2.45, 2.75) is 19.8 Å². The molecular weight excluding hydrogens is 296 g/mol. The zero-order valence-corrected chi connectivity index (χ0v) is 13.4. The maximum atomic E-state index is 12.2. The summed E-state index contributed by atoms with van der Waals surface area (Å²) in [6.07, 6.45) is 1.53. The van der Waals surface area contributed by atoms with Crippen LogP contribution in [0.5, 0.6) is 0 Å². The standard InChI is InChI=1S/C18H19ClN2O/c1-13-6-7-15(19)12-16(13)20-18(22)9-11-21-10-8-14-4-2-3-5-17(14)21/h2-7,12H,8-11H2,1H3,(H,20,22). The molecule has 0 unspecified atom stereocenters. The Morgan fingerprint density at radius 1 is 1.27 bits per heavy atom. The van der Waals surface area contributed by atoms with E-state index in [1.807, 2.05) is 25.1 Å². The van der Waals surface area contributed by atoms with Crippen molar-refractivity contribution in [2.75, 3.05) is 23.3 Å². The Kier molecular flexibility index (Phi) is 4.34. The van der Waals surface area contributed by atoms with Crippen molar-refractivity contribution in [3.63, 3.8) is 0 Å². The Morgan fingerprint density at radius 3 is 2.95 bits per heavy atom. The molecule has 0 radical (unpaired) electrons. The van der Waals surface area contributed by atoms with Gasteiger partial charge in [0, 0.05) is 35.9 Å². The first-order chi connectivity index (χ1) is 10.6. The second kappa shape index (κ2) is 6.41. The number of anilines is 2. The monoisotopic (exact) mass is 314 g/mol. The van der Waals surface area contributed by atoms with E-state index in [1.165, 1.54) is 11.3 Å². The zero-order valence-electron chi connectivity index (χ0n) is 12.6. The maximum Gasteiger partial charge on any atom is 0.226 e. The van der Waals surface area contributed by atoms with Crippen LogP contribution in [0.4, 0.5) is 11.4 Å². The number of benzene rings is 2. The predicted molar refractivity (Wildman–Crippen MR) is 91.8 cm³/mol.